The molecule has 0 bridgehead atoms. The van der Waals surface area contributed by atoms with E-state index in [9.17, 15) is 8.78 Å². The molecule has 0 fully saturated rings. The SMILES string of the molecule is NC(F)(F)c1ccccc1. The Hall–Kier alpha value is -0.960. The molecule has 0 saturated heterocycles. The third-order valence-electron chi connectivity index (χ3n) is 1.16. The van der Waals surface area contributed by atoms with E-state index in [4.69, 9.17) is 0 Å². The maximum Gasteiger partial charge on any atom is 0.326 e. The standard InChI is InChI=1S/C7H7F2N/c8-7(9,10)6-4-2-1-3-5-6/h1-5H,10H2. The van der Waals surface area contributed by atoms with Gasteiger partial charge in [-0.15, -0.1) is 0 Å². The lowest BCUT2D eigenvalue weighted by Gasteiger charge is -2.08. The highest BCUT2D eigenvalue weighted by atomic mass is 19.3. The summed E-state index contributed by atoms with van der Waals surface area (Å²) in [5.74, 6) is 0. The summed E-state index contributed by atoms with van der Waals surface area (Å²) in [5.41, 5.74) is 4.37. The summed E-state index contributed by atoms with van der Waals surface area (Å²) in [7, 11) is 0. The van der Waals surface area contributed by atoms with Crippen molar-refractivity contribution in [3.05, 3.63) is 35.9 Å². The number of rotatable bonds is 1. The van der Waals surface area contributed by atoms with Gasteiger partial charge >= 0.3 is 6.05 Å². The van der Waals surface area contributed by atoms with Crippen molar-refractivity contribution in [2.24, 2.45) is 5.73 Å². The summed E-state index contributed by atoms with van der Waals surface area (Å²) in [5, 5.41) is 0. The topological polar surface area (TPSA) is 26.0 Å². The van der Waals surface area contributed by atoms with Gasteiger partial charge in [-0.3, -0.25) is 5.73 Å². The van der Waals surface area contributed by atoms with E-state index in [1.165, 1.54) is 24.3 Å². The molecular formula is C7H7F2N. The Balaban J connectivity index is 2.97. The first kappa shape index (κ1) is 7.15. The van der Waals surface area contributed by atoms with Crippen LogP contribution in [0.15, 0.2) is 30.3 Å². The van der Waals surface area contributed by atoms with E-state index in [-0.39, 0.29) is 5.56 Å². The maximum atomic E-state index is 12.2. The van der Waals surface area contributed by atoms with Crippen molar-refractivity contribution in [3.8, 4) is 0 Å². The molecule has 0 saturated carbocycles. The molecule has 10 heavy (non-hydrogen) atoms. The second-order valence-corrected chi connectivity index (χ2v) is 1.99. The van der Waals surface area contributed by atoms with Gasteiger partial charge < -0.3 is 0 Å². The highest BCUT2D eigenvalue weighted by Gasteiger charge is 2.23. The zero-order valence-electron chi connectivity index (χ0n) is 5.22. The van der Waals surface area contributed by atoms with Crippen LogP contribution in [0, 0.1) is 0 Å². The molecule has 3 heteroatoms. The van der Waals surface area contributed by atoms with Crippen molar-refractivity contribution in [2.45, 2.75) is 6.05 Å². The number of halogens is 2. The van der Waals surface area contributed by atoms with Crippen molar-refractivity contribution < 1.29 is 8.78 Å². The third kappa shape index (κ3) is 1.51. The van der Waals surface area contributed by atoms with Gasteiger partial charge in [-0.2, -0.15) is 8.78 Å². The van der Waals surface area contributed by atoms with E-state index >= 15 is 0 Å². The summed E-state index contributed by atoms with van der Waals surface area (Å²) < 4.78 is 24.5. The Morgan fingerprint density at radius 3 is 1.90 bits per heavy atom. The largest absolute Gasteiger partial charge is 0.326 e. The van der Waals surface area contributed by atoms with Crippen LogP contribution in [0.5, 0.6) is 0 Å². The van der Waals surface area contributed by atoms with Crippen LogP contribution in [-0.2, 0) is 6.05 Å². The molecule has 0 amide bonds. The van der Waals surface area contributed by atoms with E-state index in [0.717, 1.165) is 0 Å². The Bertz CT molecular complexity index is 203. The zero-order valence-corrected chi connectivity index (χ0v) is 5.22. The van der Waals surface area contributed by atoms with E-state index in [2.05, 4.69) is 5.73 Å². The molecule has 1 aromatic carbocycles. The van der Waals surface area contributed by atoms with Crippen LogP contribution in [-0.4, -0.2) is 0 Å². The fourth-order valence-electron chi connectivity index (χ4n) is 0.660. The molecule has 0 heterocycles. The van der Waals surface area contributed by atoms with E-state index in [0.29, 0.717) is 0 Å². The predicted molar refractivity (Wildman–Crippen MR) is 34.5 cm³/mol. The second kappa shape index (κ2) is 2.34. The van der Waals surface area contributed by atoms with Crippen LogP contribution < -0.4 is 5.73 Å². The molecule has 0 spiro atoms. The normalized spacial score (nSPS) is 11.5. The molecule has 0 aliphatic carbocycles. The van der Waals surface area contributed by atoms with Crippen molar-refractivity contribution >= 4 is 0 Å². The Labute approximate surface area is 57.5 Å². The molecule has 1 rings (SSSR count). The lowest BCUT2D eigenvalue weighted by atomic mass is 10.2. The number of nitrogens with two attached hydrogens (primary N) is 1. The van der Waals surface area contributed by atoms with Gasteiger partial charge in [0, 0.05) is 5.56 Å². The van der Waals surface area contributed by atoms with E-state index < -0.39 is 6.05 Å². The smallest absolute Gasteiger partial charge is 0.268 e. The highest BCUT2D eigenvalue weighted by molar-refractivity contribution is 5.18. The van der Waals surface area contributed by atoms with Gasteiger partial charge in [-0.05, 0) is 0 Å². The first-order valence-corrected chi connectivity index (χ1v) is 2.83. The van der Waals surface area contributed by atoms with Crippen molar-refractivity contribution in [2.75, 3.05) is 0 Å². The average molecular weight is 143 g/mol. The number of benzene rings is 1. The monoisotopic (exact) mass is 143 g/mol. The number of alkyl halides is 2. The number of hydrogen-bond donors (Lipinski definition) is 1. The summed E-state index contributed by atoms with van der Waals surface area (Å²) in [6.45, 7) is 0. The first-order valence-electron chi connectivity index (χ1n) is 2.83. The lowest BCUT2D eigenvalue weighted by Crippen LogP contribution is -2.24. The zero-order chi connectivity index (χ0) is 7.61. The van der Waals surface area contributed by atoms with Crippen LogP contribution in [0.2, 0.25) is 0 Å². The third-order valence-corrected chi connectivity index (χ3v) is 1.16. The number of hydrogen-bond acceptors (Lipinski definition) is 1. The van der Waals surface area contributed by atoms with E-state index in [1.54, 1.807) is 6.07 Å². The van der Waals surface area contributed by atoms with Gasteiger partial charge in [0.1, 0.15) is 0 Å². The summed E-state index contributed by atoms with van der Waals surface area (Å²) in [6, 6.07) is 4.09. The highest BCUT2D eigenvalue weighted by Crippen LogP contribution is 2.19. The molecule has 0 radical (unpaired) electrons. The average Bonchev–Trinajstić information content (AvgIpc) is 1.88. The van der Waals surface area contributed by atoms with Gasteiger partial charge in [0.15, 0.2) is 0 Å². The van der Waals surface area contributed by atoms with E-state index in [1.807, 2.05) is 0 Å². The maximum absolute atomic E-state index is 12.2. The second-order valence-electron chi connectivity index (χ2n) is 1.99. The fraction of sp³-hybridized carbons (Fsp3) is 0.143. The molecule has 2 N–H and O–H groups in total. The Morgan fingerprint density at radius 2 is 1.60 bits per heavy atom. The molecule has 54 valence electrons. The van der Waals surface area contributed by atoms with Gasteiger partial charge in [-0.1, -0.05) is 30.3 Å². The van der Waals surface area contributed by atoms with Gasteiger partial charge in [-0.25, -0.2) is 0 Å². The molecule has 0 aliphatic rings. The summed E-state index contributed by atoms with van der Waals surface area (Å²) in [4.78, 5) is 0. The minimum Gasteiger partial charge on any atom is -0.268 e. The molecule has 0 aliphatic heterocycles. The van der Waals surface area contributed by atoms with Crippen molar-refractivity contribution in [3.63, 3.8) is 0 Å². The minimum absolute atomic E-state index is 0.157. The molecule has 0 aromatic heterocycles. The molecule has 0 unspecified atom stereocenters. The van der Waals surface area contributed by atoms with Gasteiger partial charge in [0.2, 0.25) is 0 Å². The van der Waals surface area contributed by atoms with Crippen LogP contribution in [0.1, 0.15) is 5.56 Å². The van der Waals surface area contributed by atoms with Gasteiger partial charge in [0.05, 0.1) is 0 Å². The van der Waals surface area contributed by atoms with Gasteiger partial charge in [0.25, 0.3) is 0 Å². The molecule has 0 atom stereocenters. The van der Waals surface area contributed by atoms with Crippen molar-refractivity contribution in [1.82, 2.24) is 0 Å². The quantitative estimate of drug-likeness (QED) is 0.595. The Morgan fingerprint density at radius 1 is 1.10 bits per heavy atom. The molecule has 1 aromatic rings. The van der Waals surface area contributed by atoms with Crippen LogP contribution in [0.3, 0.4) is 0 Å². The minimum atomic E-state index is -3.21. The first-order chi connectivity index (χ1) is 4.61. The Kier molecular flexibility index (Phi) is 1.68. The van der Waals surface area contributed by atoms with Crippen LogP contribution in [0.25, 0.3) is 0 Å². The van der Waals surface area contributed by atoms with Crippen LogP contribution >= 0.6 is 0 Å². The fourth-order valence-corrected chi connectivity index (χ4v) is 0.660. The molecule has 1 nitrogen and oxygen atoms in total. The van der Waals surface area contributed by atoms with Crippen LogP contribution in [0.4, 0.5) is 8.78 Å². The summed E-state index contributed by atoms with van der Waals surface area (Å²) >= 11 is 0. The predicted octanol–water partition coefficient (Wildman–Crippen LogP) is 1.69. The molecular weight excluding hydrogens is 136 g/mol. The van der Waals surface area contributed by atoms with Crippen molar-refractivity contribution in [1.29, 1.82) is 0 Å². The summed E-state index contributed by atoms with van der Waals surface area (Å²) in [6.07, 6.45) is 0. The lowest BCUT2D eigenvalue weighted by molar-refractivity contribution is 0.00299.